The lowest BCUT2D eigenvalue weighted by atomic mass is 10.3. The number of halogens is 1. The van der Waals surface area contributed by atoms with Crippen molar-refractivity contribution in [3.63, 3.8) is 0 Å². The molecule has 0 atom stereocenters. The summed E-state index contributed by atoms with van der Waals surface area (Å²) in [6, 6.07) is 4.73. The zero-order chi connectivity index (χ0) is 13.8. The van der Waals surface area contributed by atoms with Crippen LogP contribution >= 0.6 is 11.6 Å². The van der Waals surface area contributed by atoms with Crippen molar-refractivity contribution in [1.82, 2.24) is 4.31 Å². The van der Waals surface area contributed by atoms with E-state index in [4.69, 9.17) is 17.3 Å². The molecule has 0 radical (unpaired) electrons. The van der Waals surface area contributed by atoms with Gasteiger partial charge in [-0.1, -0.05) is 37.9 Å². The first kappa shape index (κ1) is 15.3. The van der Waals surface area contributed by atoms with Crippen molar-refractivity contribution in [1.29, 1.82) is 0 Å². The predicted octanol–water partition coefficient (Wildman–Crippen LogP) is 2.73. The summed E-state index contributed by atoms with van der Waals surface area (Å²) in [7, 11) is -3.61. The molecule has 0 unspecified atom stereocenters. The Kier molecular flexibility index (Phi) is 5.44. The van der Waals surface area contributed by atoms with Crippen LogP contribution < -0.4 is 5.73 Å². The quantitative estimate of drug-likeness (QED) is 0.819. The van der Waals surface area contributed by atoms with Crippen LogP contribution in [0.3, 0.4) is 0 Å². The van der Waals surface area contributed by atoms with Crippen molar-refractivity contribution in [3.05, 3.63) is 23.2 Å². The van der Waals surface area contributed by atoms with Gasteiger partial charge in [0.2, 0.25) is 10.0 Å². The van der Waals surface area contributed by atoms with Gasteiger partial charge in [0.15, 0.2) is 0 Å². The molecule has 0 fully saturated rings. The summed E-state index contributed by atoms with van der Waals surface area (Å²) in [4.78, 5) is 0.0182. The van der Waals surface area contributed by atoms with Crippen molar-refractivity contribution in [3.8, 4) is 0 Å². The van der Waals surface area contributed by atoms with Crippen molar-refractivity contribution >= 4 is 27.3 Å². The highest BCUT2D eigenvalue weighted by molar-refractivity contribution is 7.89. The van der Waals surface area contributed by atoms with Crippen LogP contribution in [-0.2, 0) is 10.0 Å². The van der Waals surface area contributed by atoms with Gasteiger partial charge < -0.3 is 5.73 Å². The Labute approximate surface area is 114 Å². The maximum absolute atomic E-state index is 12.5. The number of nitrogen functional groups attached to an aromatic ring is 1. The van der Waals surface area contributed by atoms with E-state index in [1.54, 1.807) is 25.1 Å². The van der Waals surface area contributed by atoms with Crippen molar-refractivity contribution in [2.75, 3.05) is 18.8 Å². The van der Waals surface area contributed by atoms with Crippen LogP contribution in [0.4, 0.5) is 5.69 Å². The number of nitrogens with two attached hydrogens (primary N) is 1. The molecule has 1 rings (SSSR count). The zero-order valence-corrected chi connectivity index (χ0v) is 12.3. The van der Waals surface area contributed by atoms with Crippen LogP contribution in [0.1, 0.15) is 26.7 Å². The topological polar surface area (TPSA) is 63.4 Å². The second-order valence-electron chi connectivity index (χ2n) is 4.01. The lowest BCUT2D eigenvalue weighted by Crippen LogP contribution is -2.32. The first-order valence-corrected chi connectivity index (χ1v) is 7.81. The molecule has 0 saturated heterocycles. The normalized spacial score (nSPS) is 12.0. The van der Waals surface area contributed by atoms with Gasteiger partial charge in [-0.15, -0.1) is 0 Å². The fourth-order valence-electron chi connectivity index (χ4n) is 1.71. The first-order chi connectivity index (χ1) is 8.45. The number of hydrogen-bond donors (Lipinski definition) is 1. The molecule has 0 amide bonds. The summed E-state index contributed by atoms with van der Waals surface area (Å²) in [5.41, 5.74) is 5.93. The molecule has 0 aliphatic carbocycles. The number of unbranched alkanes of at least 4 members (excludes halogenated alkanes) is 1. The van der Waals surface area contributed by atoms with E-state index in [2.05, 4.69) is 0 Å². The molecule has 6 heteroatoms. The molecular weight excluding hydrogens is 272 g/mol. The van der Waals surface area contributed by atoms with Gasteiger partial charge in [-0.25, -0.2) is 8.42 Å². The molecule has 0 heterocycles. The summed E-state index contributed by atoms with van der Waals surface area (Å²) in [6.07, 6.45) is 1.75. The van der Waals surface area contributed by atoms with E-state index < -0.39 is 10.0 Å². The number of anilines is 1. The fraction of sp³-hybridized carbons (Fsp3) is 0.500. The number of benzene rings is 1. The smallest absolute Gasteiger partial charge is 0.246 e. The van der Waals surface area contributed by atoms with Gasteiger partial charge in [0.05, 0.1) is 10.7 Å². The summed E-state index contributed by atoms with van der Waals surface area (Å²) >= 11 is 5.96. The third-order valence-corrected chi connectivity index (χ3v) is 5.23. The highest BCUT2D eigenvalue weighted by Crippen LogP contribution is 2.29. The van der Waals surface area contributed by atoms with Crippen molar-refractivity contribution in [2.45, 2.75) is 31.6 Å². The van der Waals surface area contributed by atoms with E-state index in [-0.39, 0.29) is 15.6 Å². The van der Waals surface area contributed by atoms with E-state index in [9.17, 15) is 8.42 Å². The lowest BCUT2D eigenvalue weighted by molar-refractivity contribution is 0.419. The maximum Gasteiger partial charge on any atom is 0.246 e. The molecule has 18 heavy (non-hydrogen) atoms. The minimum atomic E-state index is -3.61. The highest BCUT2D eigenvalue weighted by Gasteiger charge is 2.27. The maximum atomic E-state index is 12.5. The van der Waals surface area contributed by atoms with E-state index in [0.717, 1.165) is 12.8 Å². The van der Waals surface area contributed by atoms with Gasteiger partial charge in [0.25, 0.3) is 0 Å². The van der Waals surface area contributed by atoms with Gasteiger partial charge in [-0.3, -0.25) is 0 Å². The Balaban J connectivity index is 3.19. The Bertz CT molecular complexity index is 483. The zero-order valence-electron chi connectivity index (χ0n) is 10.7. The first-order valence-electron chi connectivity index (χ1n) is 5.99. The number of rotatable bonds is 6. The largest absolute Gasteiger partial charge is 0.398 e. The van der Waals surface area contributed by atoms with Crippen LogP contribution in [0, 0.1) is 0 Å². The second-order valence-corrected chi connectivity index (χ2v) is 6.29. The molecule has 0 aliphatic rings. The molecular formula is C12H19ClN2O2S. The molecule has 1 aromatic carbocycles. The number of sulfonamides is 1. The van der Waals surface area contributed by atoms with Crippen molar-refractivity contribution < 1.29 is 8.42 Å². The Hall–Kier alpha value is -0.780. The third kappa shape index (κ3) is 3.16. The molecule has 0 spiro atoms. The van der Waals surface area contributed by atoms with E-state index in [1.807, 2.05) is 6.92 Å². The van der Waals surface area contributed by atoms with Crippen LogP contribution in [-0.4, -0.2) is 25.8 Å². The molecule has 4 nitrogen and oxygen atoms in total. The Morgan fingerprint density at radius 1 is 1.33 bits per heavy atom. The standard InChI is InChI=1S/C12H19ClN2O2S/c1-3-5-9-15(4-2)18(16,17)12-10(13)7-6-8-11(12)14/h6-8H,3-5,9,14H2,1-2H3. The number of nitrogens with zero attached hydrogens (tertiary/aromatic N) is 1. The molecule has 1 aromatic rings. The van der Waals surface area contributed by atoms with Crippen LogP contribution in [0.5, 0.6) is 0 Å². The minimum Gasteiger partial charge on any atom is -0.398 e. The van der Waals surface area contributed by atoms with Crippen molar-refractivity contribution in [2.24, 2.45) is 0 Å². The Morgan fingerprint density at radius 2 is 2.00 bits per heavy atom. The predicted molar refractivity (Wildman–Crippen MR) is 75.2 cm³/mol. The molecule has 2 N–H and O–H groups in total. The van der Waals surface area contributed by atoms with Gasteiger partial charge >= 0.3 is 0 Å². The molecule has 0 aromatic heterocycles. The highest BCUT2D eigenvalue weighted by atomic mass is 35.5. The molecule has 0 aliphatic heterocycles. The average Bonchev–Trinajstić information content (AvgIpc) is 2.29. The van der Waals surface area contributed by atoms with Crippen LogP contribution in [0.25, 0.3) is 0 Å². The van der Waals surface area contributed by atoms with E-state index in [1.165, 1.54) is 4.31 Å². The average molecular weight is 291 g/mol. The fourth-order valence-corrected chi connectivity index (χ4v) is 3.83. The minimum absolute atomic E-state index is 0.0182. The van der Waals surface area contributed by atoms with E-state index >= 15 is 0 Å². The van der Waals surface area contributed by atoms with Gasteiger partial charge in [0, 0.05) is 13.1 Å². The summed E-state index contributed by atoms with van der Waals surface area (Å²) in [5, 5.41) is 0.171. The molecule has 0 saturated carbocycles. The summed E-state index contributed by atoms with van der Waals surface area (Å²) in [5.74, 6) is 0. The summed E-state index contributed by atoms with van der Waals surface area (Å²) < 4.78 is 26.4. The number of hydrogen-bond acceptors (Lipinski definition) is 3. The van der Waals surface area contributed by atoms with Gasteiger partial charge in [0.1, 0.15) is 4.90 Å². The third-order valence-electron chi connectivity index (χ3n) is 2.71. The second kappa shape index (κ2) is 6.41. The molecule has 102 valence electrons. The Morgan fingerprint density at radius 3 is 2.50 bits per heavy atom. The monoisotopic (exact) mass is 290 g/mol. The van der Waals surface area contributed by atoms with Crippen LogP contribution in [0.15, 0.2) is 23.1 Å². The molecule has 0 bridgehead atoms. The SMILES string of the molecule is CCCCN(CC)S(=O)(=O)c1c(N)cccc1Cl. The lowest BCUT2D eigenvalue weighted by Gasteiger charge is -2.21. The van der Waals surface area contributed by atoms with E-state index in [0.29, 0.717) is 13.1 Å². The van der Waals surface area contributed by atoms with Crippen LogP contribution in [0.2, 0.25) is 5.02 Å². The van der Waals surface area contributed by atoms with Gasteiger partial charge in [-0.2, -0.15) is 4.31 Å². The summed E-state index contributed by atoms with van der Waals surface area (Å²) in [6.45, 7) is 4.72. The van der Waals surface area contributed by atoms with Gasteiger partial charge in [-0.05, 0) is 18.6 Å².